The Hall–Kier alpha value is -4.91. The number of aryl methyl sites for hydroxylation is 1. The van der Waals surface area contributed by atoms with E-state index in [1.807, 2.05) is 97.9 Å². The molecule has 0 saturated heterocycles. The smallest absolute Gasteiger partial charge is 0.274 e. The van der Waals surface area contributed by atoms with Crippen LogP contribution in [0.4, 0.5) is 0 Å². The molecule has 0 unspecified atom stereocenters. The molecule has 0 radical (unpaired) electrons. The molecule has 3 aromatic heterocycles. The van der Waals surface area contributed by atoms with E-state index in [0.29, 0.717) is 22.7 Å². The highest BCUT2D eigenvalue weighted by atomic mass is 16.5. The lowest BCUT2D eigenvalue weighted by atomic mass is 10.1. The summed E-state index contributed by atoms with van der Waals surface area (Å²) < 4.78 is 11.7. The number of rotatable bonds is 5. The maximum atomic E-state index is 13.1. The summed E-state index contributed by atoms with van der Waals surface area (Å²) in [6.07, 6.45) is 0. The maximum Gasteiger partial charge on any atom is 0.274 e. The van der Waals surface area contributed by atoms with Crippen LogP contribution in [0.15, 0.2) is 100 Å². The van der Waals surface area contributed by atoms with E-state index in [1.165, 1.54) is 0 Å². The Morgan fingerprint density at radius 1 is 0.857 bits per heavy atom. The Morgan fingerprint density at radius 3 is 2.37 bits per heavy atom. The van der Waals surface area contributed by atoms with Crippen LogP contribution in [0.3, 0.4) is 0 Å². The summed E-state index contributed by atoms with van der Waals surface area (Å²) in [4.78, 5) is 23.9. The van der Waals surface area contributed by atoms with Gasteiger partial charge in [0.15, 0.2) is 0 Å². The third-order valence-electron chi connectivity index (χ3n) is 5.81. The average molecular weight is 460 g/mol. The lowest BCUT2D eigenvalue weighted by Gasteiger charge is -2.11. The van der Waals surface area contributed by atoms with Crippen LogP contribution in [0.2, 0.25) is 0 Å². The lowest BCUT2D eigenvalue weighted by molar-refractivity contribution is 0.431. The second-order valence-electron chi connectivity index (χ2n) is 8.13. The van der Waals surface area contributed by atoms with E-state index in [2.05, 4.69) is 20.1 Å². The third-order valence-corrected chi connectivity index (χ3v) is 5.81. The van der Waals surface area contributed by atoms with Gasteiger partial charge in [-0.15, -0.1) is 0 Å². The summed E-state index contributed by atoms with van der Waals surface area (Å²) >= 11 is 0. The third kappa shape index (κ3) is 3.79. The molecular formula is C28H20N4O3. The number of para-hydroxylation sites is 2. The zero-order chi connectivity index (χ0) is 23.8. The van der Waals surface area contributed by atoms with Gasteiger partial charge in [0.2, 0.25) is 5.82 Å². The Morgan fingerprint density at radius 2 is 1.57 bits per heavy atom. The molecule has 2 N–H and O–H groups in total. The molecule has 7 heteroatoms. The Balaban J connectivity index is 1.48. The molecular weight excluding hydrogens is 440 g/mol. The summed E-state index contributed by atoms with van der Waals surface area (Å²) in [5.74, 6) is 2.09. The van der Waals surface area contributed by atoms with Crippen molar-refractivity contribution < 1.29 is 9.26 Å². The quantitative estimate of drug-likeness (QED) is 0.313. The SMILES string of the molecule is Cc1[nH]c(-c2ccccc2Oc2ccccc2)c2cc(-c3nc(-c4ccccc4)no3)[nH]c(=O)c12. The van der Waals surface area contributed by atoms with Crippen LogP contribution in [0.1, 0.15) is 5.69 Å². The number of fused-ring (bicyclic) bond motifs is 1. The van der Waals surface area contributed by atoms with E-state index in [1.54, 1.807) is 0 Å². The molecule has 6 aromatic rings. The zero-order valence-electron chi connectivity index (χ0n) is 18.8. The molecule has 7 nitrogen and oxygen atoms in total. The van der Waals surface area contributed by atoms with Crippen molar-refractivity contribution in [1.29, 1.82) is 0 Å². The topological polar surface area (TPSA) is 96.8 Å². The van der Waals surface area contributed by atoms with Gasteiger partial charge in [-0.3, -0.25) is 4.79 Å². The van der Waals surface area contributed by atoms with Gasteiger partial charge in [-0.05, 0) is 37.3 Å². The van der Waals surface area contributed by atoms with E-state index >= 15 is 0 Å². The molecule has 3 heterocycles. The highest BCUT2D eigenvalue weighted by Gasteiger charge is 2.19. The molecule has 0 spiro atoms. The van der Waals surface area contributed by atoms with E-state index in [9.17, 15) is 4.79 Å². The number of nitrogens with zero attached hydrogens (tertiary/aromatic N) is 2. The van der Waals surface area contributed by atoms with E-state index in [4.69, 9.17) is 9.26 Å². The van der Waals surface area contributed by atoms with Gasteiger partial charge in [0, 0.05) is 22.2 Å². The monoisotopic (exact) mass is 460 g/mol. The fourth-order valence-corrected chi connectivity index (χ4v) is 4.19. The predicted octanol–water partition coefficient (Wildman–Crippen LogP) is 6.34. The van der Waals surface area contributed by atoms with Gasteiger partial charge in [-0.25, -0.2) is 0 Å². The molecule has 0 aliphatic carbocycles. The minimum atomic E-state index is -0.238. The molecule has 3 aromatic carbocycles. The summed E-state index contributed by atoms with van der Waals surface area (Å²) in [6, 6.07) is 28.7. The first-order valence-electron chi connectivity index (χ1n) is 11.1. The van der Waals surface area contributed by atoms with Crippen LogP contribution in [0.5, 0.6) is 11.5 Å². The van der Waals surface area contributed by atoms with E-state index < -0.39 is 0 Å². The van der Waals surface area contributed by atoms with Crippen molar-refractivity contribution in [3.63, 3.8) is 0 Å². The molecule has 6 rings (SSSR count). The highest BCUT2D eigenvalue weighted by Crippen LogP contribution is 2.37. The molecule has 0 aliphatic rings. The standard InChI is InChI=1S/C28H20N4O3/c1-17-24-21(25(29-17)20-14-8-9-15-23(20)34-19-12-6-3-7-13-19)16-22(30-27(24)33)28-31-26(32-35-28)18-10-4-2-5-11-18/h2-16,29H,1H3,(H,30,33). The van der Waals surface area contributed by atoms with Crippen LogP contribution in [0.25, 0.3) is 45.0 Å². The van der Waals surface area contributed by atoms with Crippen molar-refractivity contribution in [2.24, 2.45) is 0 Å². The Kier molecular flexibility index (Phi) is 5.00. The largest absolute Gasteiger partial charge is 0.457 e. The van der Waals surface area contributed by atoms with Gasteiger partial charge in [-0.1, -0.05) is 65.8 Å². The molecule has 0 saturated carbocycles. The normalized spacial score (nSPS) is 11.1. The Bertz CT molecular complexity index is 1700. The van der Waals surface area contributed by atoms with Crippen LogP contribution in [0, 0.1) is 6.92 Å². The number of ether oxygens (including phenoxy) is 1. The Labute approximate surface area is 200 Å². The van der Waals surface area contributed by atoms with Gasteiger partial charge < -0.3 is 19.2 Å². The number of benzene rings is 3. The van der Waals surface area contributed by atoms with Crippen LogP contribution in [-0.4, -0.2) is 20.1 Å². The van der Waals surface area contributed by atoms with Gasteiger partial charge in [0.05, 0.1) is 11.1 Å². The number of H-pyrrole nitrogens is 2. The molecule has 0 aliphatic heterocycles. The number of aromatic nitrogens is 4. The first kappa shape index (κ1) is 20.7. The number of hydrogen-bond donors (Lipinski definition) is 2. The van der Waals surface area contributed by atoms with Crippen LogP contribution < -0.4 is 10.3 Å². The minimum Gasteiger partial charge on any atom is -0.457 e. The predicted molar refractivity (Wildman–Crippen MR) is 134 cm³/mol. The van der Waals surface area contributed by atoms with Crippen molar-refractivity contribution in [2.45, 2.75) is 6.92 Å². The van der Waals surface area contributed by atoms with Gasteiger partial charge in [0.1, 0.15) is 17.2 Å². The molecule has 0 bridgehead atoms. The maximum absolute atomic E-state index is 13.1. The number of aromatic amines is 2. The first-order chi connectivity index (χ1) is 17.2. The second kappa shape index (κ2) is 8.46. The van der Waals surface area contributed by atoms with Crippen LogP contribution >= 0.6 is 0 Å². The van der Waals surface area contributed by atoms with Crippen molar-refractivity contribution in [2.75, 3.05) is 0 Å². The molecule has 0 atom stereocenters. The molecule has 35 heavy (non-hydrogen) atoms. The van der Waals surface area contributed by atoms with E-state index in [0.717, 1.165) is 33.7 Å². The fraction of sp³-hybridized carbons (Fsp3) is 0.0357. The van der Waals surface area contributed by atoms with Crippen LogP contribution in [-0.2, 0) is 0 Å². The second-order valence-corrected chi connectivity index (χ2v) is 8.13. The van der Waals surface area contributed by atoms with Crippen molar-refractivity contribution >= 4 is 10.8 Å². The van der Waals surface area contributed by atoms with Crippen molar-refractivity contribution in [3.05, 3.63) is 107 Å². The average Bonchev–Trinajstić information content (AvgIpc) is 3.51. The zero-order valence-corrected chi connectivity index (χ0v) is 18.8. The summed E-state index contributed by atoms with van der Waals surface area (Å²) in [7, 11) is 0. The van der Waals surface area contributed by atoms with E-state index in [-0.39, 0.29) is 11.4 Å². The number of pyridine rings is 1. The van der Waals surface area contributed by atoms with Gasteiger partial charge in [0.25, 0.3) is 11.4 Å². The minimum absolute atomic E-state index is 0.237. The number of nitrogens with one attached hydrogen (secondary N) is 2. The lowest BCUT2D eigenvalue weighted by Crippen LogP contribution is -2.07. The van der Waals surface area contributed by atoms with Gasteiger partial charge in [-0.2, -0.15) is 4.98 Å². The molecule has 0 amide bonds. The number of hydrogen-bond acceptors (Lipinski definition) is 5. The fourth-order valence-electron chi connectivity index (χ4n) is 4.19. The molecule has 170 valence electrons. The van der Waals surface area contributed by atoms with Crippen molar-refractivity contribution in [1.82, 2.24) is 20.1 Å². The molecule has 0 fully saturated rings. The summed E-state index contributed by atoms with van der Waals surface area (Å²) in [5, 5.41) is 5.39. The summed E-state index contributed by atoms with van der Waals surface area (Å²) in [6.45, 7) is 1.88. The van der Waals surface area contributed by atoms with Gasteiger partial charge >= 0.3 is 0 Å². The first-order valence-corrected chi connectivity index (χ1v) is 11.1. The van der Waals surface area contributed by atoms with Crippen molar-refractivity contribution in [3.8, 4) is 45.7 Å². The highest BCUT2D eigenvalue weighted by molar-refractivity contribution is 5.99. The summed E-state index contributed by atoms with van der Waals surface area (Å²) in [5.41, 5.74) is 3.40.